The quantitative estimate of drug-likeness (QED) is 0.565. The third kappa shape index (κ3) is 7.79. The van der Waals surface area contributed by atoms with Crippen LogP contribution in [0.5, 0.6) is 17.2 Å². The number of aliphatic hydroxyl groups is 1. The lowest BCUT2D eigenvalue weighted by molar-refractivity contribution is -0.147. The van der Waals surface area contributed by atoms with Crippen LogP contribution >= 0.6 is 0 Å². The zero-order chi connectivity index (χ0) is 20.2. The SMILES string of the molecule is CCOc1ccc(OC(=O)CC)cc1.COc1ccc(C(O)C(=O)O)cc1. The number of benzene rings is 2. The van der Waals surface area contributed by atoms with Gasteiger partial charge in [0.2, 0.25) is 0 Å². The van der Waals surface area contributed by atoms with E-state index in [9.17, 15) is 9.59 Å². The van der Waals surface area contributed by atoms with Crippen LogP contribution in [0, 0.1) is 0 Å². The monoisotopic (exact) mass is 376 g/mol. The van der Waals surface area contributed by atoms with Gasteiger partial charge < -0.3 is 24.4 Å². The van der Waals surface area contributed by atoms with Crippen LogP contribution in [0.3, 0.4) is 0 Å². The Kier molecular flexibility index (Phi) is 9.39. The van der Waals surface area contributed by atoms with E-state index in [0.717, 1.165) is 5.75 Å². The predicted molar refractivity (Wildman–Crippen MR) is 99.1 cm³/mol. The van der Waals surface area contributed by atoms with Gasteiger partial charge in [-0.25, -0.2) is 4.79 Å². The first-order valence-electron chi connectivity index (χ1n) is 8.39. The van der Waals surface area contributed by atoms with Crippen molar-refractivity contribution in [3.63, 3.8) is 0 Å². The first kappa shape index (κ1) is 22.0. The van der Waals surface area contributed by atoms with Crippen LogP contribution in [0.4, 0.5) is 0 Å². The number of hydrogen-bond acceptors (Lipinski definition) is 6. The van der Waals surface area contributed by atoms with E-state index >= 15 is 0 Å². The molecule has 1 atom stereocenters. The molecule has 7 heteroatoms. The maximum atomic E-state index is 10.9. The first-order chi connectivity index (χ1) is 12.9. The molecule has 0 amide bonds. The van der Waals surface area contributed by atoms with Crippen LogP contribution < -0.4 is 14.2 Å². The predicted octanol–water partition coefficient (Wildman–Crippen LogP) is 3.21. The Morgan fingerprint density at radius 1 is 0.926 bits per heavy atom. The van der Waals surface area contributed by atoms with Crippen molar-refractivity contribution in [2.75, 3.05) is 13.7 Å². The summed E-state index contributed by atoms with van der Waals surface area (Å²) in [5.41, 5.74) is 0.341. The summed E-state index contributed by atoms with van der Waals surface area (Å²) >= 11 is 0. The summed E-state index contributed by atoms with van der Waals surface area (Å²) in [5.74, 6) is 0.477. The largest absolute Gasteiger partial charge is 0.497 e. The van der Waals surface area contributed by atoms with E-state index in [-0.39, 0.29) is 5.97 Å². The topological polar surface area (TPSA) is 102 Å². The third-order valence-corrected chi connectivity index (χ3v) is 3.32. The van der Waals surface area contributed by atoms with Gasteiger partial charge in [-0.05, 0) is 48.9 Å². The molecule has 2 N–H and O–H groups in total. The number of aliphatic hydroxyl groups excluding tert-OH is 1. The van der Waals surface area contributed by atoms with Gasteiger partial charge in [0, 0.05) is 6.42 Å². The molecule has 0 fully saturated rings. The Morgan fingerprint density at radius 3 is 1.89 bits per heavy atom. The molecule has 0 radical (unpaired) electrons. The van der Waals surface area contributed by atoms with Crippen molar-refractivity contribution in [3.05, 3.63) is 54.1 Å². The Labute approximate surface area is 158 Å². The number of aliphatic carboxylic acids is 1. The summed E-state index contributed by atoms with van der Waals surface area (Å²) in [5, 5.41) is 17.6. The molecule has 0 aliphatic carbocycles. The zero-order valence-electron chi connectivity index (χ0n) is 15.5. The number of carbonyl (C=O) groups excluding carboxylic acids is 1. The van der Waals surface area contributed by atoms with E-state index in [1.165, 1.54) is 19.2 Å². The molecule has 2 aromatic carbocycles. The van der Waals surface area contributed by atoms with Crippen LogP contribution in [0.25, 0.3) is 0 Å². The standard InChI is InChI=1S/C11H14O3.C9H10O4/c1-3-11(12)14-10-7-5-9(6-8-10)13-4-2;1-13-7-4-2-6(3-5-7)8(10)9(11)12/h5-8H,3-4H2,1-2H3;2-5,8,10H,1H3,(H,11,12). The average Bonchev–Trinajstić information content (AvgIpc) is 2.69. The molecule has 0 aliphatic heterocycles. The summed E-state index contributed by atoms with van der Waals surface area (Å²) in [6.45, 7) is 4.32. The number of rotatable bonds is 7. The zero-order valence-corrected chi connectivity index (χ0v) is 15.5. The number of ether oxygens (including phenoxy) is 3. The third-order valence-electron chi connectivity index (χ3n) is 3.32. The molecule has 1 unspecified atom stereocenters. The number of carbonyl (C=O) groups is 2. The van der Waals surface area contributed by atoms with Crippen LogP contribution in [0.2, 0.25) is 0 Å². The van der Waals surface area contributed by atoms with Crippen molar-refractivity contribution in [1.29, 1.82) is 0 Å². The molecule has 0 heterocycles. The maximum Gasteiger partial charge on any atom is 0.337 e. The normalized spacial score (nSPS) is 10.8. The van der Waals surface area contributed by atoms with Gasteiger partial charge in [0.1, 0.15) is 17.2 Å². The van der Waals surface area contributed by atoms with Crippen molar-refractivity contribution in [2.45, 2.75) is 26.4 Å². The summed E-state index contributed by atoms with van der Waals surface area (Å²) in [7, 11) is 1.52. The van der Waals surface area contributed by atoms with E-state index in [4.69, 9.17) is 24.4 Å². The van der Waals surface area contributed by atoms with Crippen LogP contribution in [-0.4, -0.2) is 35.9 Å². The summed E-state index contributed by atoms with van der Waals surface area (Å²) in [6, 6.07) is 13.2. The minimum absolute atomic E-state index is 0.228. The highest BCUT2D eigenvalue weighted by molar-refractivity contribution is 5.74. The van der Waals surface area contributed by atoms with Gasteiger partial charge in [-0.1, -0.05) is 19.1 Å². The molecule has 2 rings (SSSR count). The van der Waals surface area contributed by atoms with Gasteiger partial charge >= 0.3 is 11.9 Å². The number of carboxylic acids is 1. The number of methoxy groups -OCH3 is 1. The molecular formula is C20H24O7. The van der Waals surface area contributed by atoms with Crippen molar-refractivity contribution in [1.82, 2.24) is 0 Å². The van der Waals surface area contributed by atoms with Gasteiger partial charge in [0.05, 0.1) is 13.7 Å². The van der Waals surface area contributed by atoms with E-state index in [2.05, 4.69) is 0 Å². The van der Waals surface area contributed by atoms with E-state index < -0.39 is 12.1 Å². The second-order valence-corrected chi connectivity index (χ2v) is 5.25. The van der Waals surface area contributed by atoms with Crippen LogP contribution in [-0.2, 0) is 9.59 Å². The maximum absolute atomic E-state index is 10.9. The van der Waals surface area contributed by atoms with Gasteiger partial charge in [0.25, 0.3) is 0 Å². The molecule has 0 saturated carbocycles. The molecule has 0 aromatic heterocycles. The Bertz CT molecular complexity index is 708. The molecule has 2 aromatic rings. The highest BCUT2D eigenvalue weighted by Gasteiger charge is 2.15. The van der Waals surface area contributed by atoms with Gasteiger partial charge in [-0.2, -0.15) is 0 Å². The Balaban J connectivity index is 0.000000271. The van der Waals surface area contributed by atoms with E-state index in [1.807, 2.05) is 6.92 Å². The van der Waals surface area contributed by atoms with Crippen molar-refractivity contribution < 1.29 is 34.0 Å². The minimum Gasteiger partial charge on any atom is -0.497 e. The fourth-order valence-corrected chi connectivity index (χ4v) is 1.90. The smallest absolute Gasteiger partial charge is 0.337 e. The summed E-state index contributed by atoms with van der Waals surface area (Å²) < 4.78 is 15.1. The molecule has 0 bridgehead atoms. The van der Waals surface area contributed by atoms with Gasteiger partial charge in [-0.15, -0.1) is 0 Å². The highest BCUT2D eigenvalue weighted by atomic mass is 16.5. The fourth-order valence-electron chi connectivity index (χ4n) is 1.90. The molecule has 0 spiro atoms. The number of hydrogen-bond donors (Lipinski definition) is 2. The van der Waals surface area contributed by atoms with E-state index in [0.29, 0.717) is 30.1 Å². The van der Waals surface area contributed by atoms with Crippen LogP contribution in [0.1, 0.15) is 31.9 Å². The highest BCUT2D eigenvalue weighted by Crippen LogP contribution is 2.18. The fraction of sp³-hybridized carbons (Fsp3) is 0.300. The Hall–Kier alpha value is -3.06. The lowest BCUT2D eigenvalue weighted by atomic mass is 10.1. The lowest BCUT2D eigenvalue weighted by Gasteiger charge is -2.06. The van der Waals surface area contributed by atoms with Crippen LogP contribution in [0.15, 0.2) is 48.5 Å². The van der Waals surface area contributed by atoms with E-state index in [1.54, 1.807) is 43.3 Å². The number of esters is 1. The second kappa shape index (κ2) is 11.5. The molecule has 27 heavy (non-hydrogen) atoms. The minimum atomic E-state index is -1.47. The van der Waals surface area contributed by atoms with Crippen molar-refractivity contribution in [3.8, 4) is 17.2 Å². The first-order valence-corrected chi connectivity index (χ1v) is 8.39. The molecule has 7 nitrogen and oxygen atoms in total. The summed E-state index contributed by atoms with van der Waals surface area (Å²) in [4.78, 5) is 21.3. The van der Waals surface area contributed by atoms with Gasteiger partial charge in [-0.3, -0.25) is 4.79 Å². The molecule has 0 aliphatic rings. The number of carboxylic acid groups (broad SMARTS) is 1. The second-order valence-electron chi connectivity index (χ2n) is 5.25. The molecule has 146 valence electrons. The average molecular weight is 376 g/mol. The van der Waals surface area contributed by atoms with Crippen molar-refractivity contribution in [2.24, 2.45) is 0 Å². The molecular weight excluding hydrogens is 352 g/mol. The Morgan fingerprint density at radius 2 is 1.44 bits per heavy atom. The summed E-state index contributed by atoms with van der Waals surface area (Å²) in [6.07, 6.45) is -1.08. The van der Waals surface area contributed by atoms with Crippen molar-refractivity contribution >= 4 is 11.9 Å². The van der Waals surface area contributed by atoms with Gasteiger partial charge in [0.15, 0.2) is 6.10 Å². The lowest BCUT2D eigenvalue weighted by Crippen LogP contribution is -2.09. The molecule has 0 saturated heterocycles.